The van der Waals surface area contributed by atoms with Crippen LogP contribution in [0.1, 0.15) is 42.4 Å². The van der Waals surface area contributed by atoms with Crippen LogP contribution in [0, 0.1) is 19.8 Å². The van der Waals surface area contributed by atoms with Crippen molar-refractivity contribution in [2.45, 2.75) is 45.1 Å². The smallest absolute Gasteiger partial charge is 0.261 e. The van der Waals surface area contributed by atoms with Crippen molar-refractivity contribution >= 4 is 11.6 Å². The lowest BCUT2D eigenvalue weighted by Gasteiger charge is -2.28. The van der Waals surface area contributed by atoms with Crippen LogP contribution in [0.4, 0.5) is 5.69 Å². The second-order valence-corrected chi connectivity index (χ2v) is 5.71. The Bertz CT molecular complexity index is 517. The van der Waals surface area contributed by atoms with Gasteiger partial charge < -0.3 is 10.4 Å². The third kappa shape index (κ3) is 1.43. The number of amides is 1. The van der Waals surface area contributed by atoms with Gasteiger partial charge in [-0.15, -0.1) is 0 Å². The molecule has 96 valence electrons. The van der Waals surface area contributed by atoms with E-state index in [0.717, 1.165) is 48.1 Å². The Hall–Kier alpha value is -1.35. The number of rotatable bonds is 1. The van der Waals surface area contributed by atoms with Gasteiger partial charge in [0.1, 0.15) is 0 Å². The fraction of sp³-hybridized carbons (Fsp3) is 0.533. The fourth-order valence-corrected chi connectivity index (χ4v) is 3.51. The number of hydrogen-bond donors (Lipinski definition) is 2. The van der Waals surface area contributed by atoms with Crippen molar-refractivity contribution in [3.05, 3.63) is 28.8 Å². The van der Waals surface area contributed by atoms with Crippen LogP contribution in [0.5, 0.6) is 0 Å². The van der Waals surface area contributed by atoms with E-state index in [0.29, 0.717) is 0 Å². The molecule has 2 aliphatic rings. The van der Waals surface area contributed by atoms with Crippen molar-refractivity contribution in [1.29, 1.82) is 0 Å². The molecule has 2 N–H and O–H groups in total. The Labute approximate surface area is 107 Å². The summed E-state index contributed by atoms with van der Waals surface area (Å²) in [5.74, 6) is -0.168. The van der Waals surface area contributed by atoms with E-state index >= 15 is 0 Å². The predicted octanol–water partition coefficient (Wildman–Crippen LogP) is 2.63. The molecule has 0 bridgehead atoms. The summed E-state index contributed by atoms with van der Waals surface area (Å²) in [6.07, 6.45) is 4.10. The van der Waals surface area contributed by atoms with E-state index in [1.165, 1.54) is 0 Å². The summed E-state index contributed by atoms with van der Waals surface area (Å²) < 4.78 is 0. The molecule has 0 aromatic heterocycles. The van der Waals surface area contributed by atoms with Crippen molar-refractivity contribution in [1.82, 2.24) is 0 Å². The van der Waals surface area contributed by atoms with Crippen LogP contribution in [0.25, 0.3) is 0 Å². The quantitative estimate of drug-likeness (QED) is 0.799. The number of carbonyl (C=O) groups is 1. The Kier molecular flexibility index (Phi) is 2.49. The average Bonchev–Trinajstić information content (AvgIpc) is 2.91. The molecule has 1 aliphatic carbocycles. The zero-order valence-corrected chi connectivity index (χ0v) is 10.9. The molecule has 3 heteroatoms. The maximum absolute atomic E-state index is 12.2. The summed E-state index contributed by atoms with van der Waals surface area (Å²) in [4.78, 5) is 12.2. The third-order valence-corrected chi connectivity index (χ3v) is 4.42. The first-order valence-corrected chi connectivity index (χ1v) is 6.69. The Morgan fingerprint density at radius 3 is 2.61 bits per heavy atom. The van der Waals surface area contributed by atoms with Crippen molar-refractivity contribution in [2.24, 2.45) is 5.92 Å². The molecule has 18 heavy (non-hydrogen) atoms. The topological polar surface area (TPSA) is 49.3 Å². The number of nitrogens with one attached hydrogen (secondary N) is 1. The van der Waals surface area contributed by atoms with E-state index in [4.69, 9.17) is 0 Å². The normalized spacial score (nSPS) is 27.4. The highest BCUT2D eigenvalue weighted by Gasteiger charge is 2.51. The van der Waals surface area contributed by atoms with Crippen molar-refractivity contribution < 1.29 is 9.90 Å². The summed E-state index contributed by atoms with van der Waals surface area (Å²) in [7, 11) is 0. The fourth-order valence-electron chi connectivity index (χ4n) is 3.51. The van der Waals surface area contributed by atoms with E-state index in [1.807, 2.05) is 26.0 Å². The molecule has 1 amide bonds. The highest BCUT2D eigenvalue weighted by molar-refractivity contribution is 6.06. The van der Waals surface area contributed by atoms with Gasteiger partial charge in [-0.25, -0.2) is 0 Å². The van der Waals surface area contributed by atoms with Crippen molar-refractivity contribution in [2.75, 3.05) is 5.32 Å². The highest BCUT2D eigenvalue weighted by atomic mass is 16.3. The van der Waals surface area contributed by atoms with Gasteiger partial charge in [0, 0.05) is 11.5 Å². The molecule has 1 saturated carbocycles. The van der Waals surface area contributed by atoms with Crippen LogP contribution >= 0.6 is 0 Å². The van der Waals surface area contributed by atoms with Gasteiger partial charge in [0.2, 0.25) is 0 Å². The van der Waals surface area contributed by atoms with Crippen LogP contribution in [-0.4, -0.2) is 11.0 Å². The largest absolute Gasteiger partial charge is 0.375 e. The Morgan fingerprint density at radius 1 is 1.28 bits per heavy atom. The van der Waals surface area contributed by atoms with Gasteiger partial charge in [0.05, 0.1) is 5.69 Å². The van der Waals surface area contributed by atoms with Crippen molar-refractivity contribution in [3.63, 3.8) is 0 Å². The van der Waals surface area contributed by atoms with Gasteiger partial charge in [-0.1, -0.05) is 30.5 Å². The first kappa shape index (κ1) is 11.7. The summed E-state index contributed by atoms with van der Waals surface area (Å²) >= 11 is 0. The number of aryl methyl sites for hydroxylation is 2. The number of fused-ring (bicyclic) bond motifs is 1. The molecule has 1 aliphatic heterocycles. The minimum atomic E-state index is -1.30. The van der Waals surface area contributed by atoms with Gasteiger partial charge >= 0.3 is 0 Å². The molecular formula is C15H19NO2. The number of benzene rings is 1. The maximum Gasteiger partial charge on any atom is 0.261 e. The maximum atomic E-state index is 12.2. The first-order chi connectivity index (χ1) is 8.53. The van der Waals surface area contributed by atoms with Gasteiger partial charge in [-0.2, -0.15) is 0 Å². The average molecular weight is 245 g/mol. The minimum absolute atomic E-state index is 0.0694. The highest BCUT2D eigenvalue weighted by Crippen LogP contribution is 2.48. The van der Waals surface area contributed by atoms with Gasteiger partial charge in [-0.3, -0.25) is 4.79 Å². The predicted molar refractivity (Wildman–Crippen MR) is 70.4 cm³/mol. The van der Waals surface area contributed by atoms with Crippen LogP contribution in [-0.2, 0) is 10.4 Å². The molecule has 1 heterocycles. The number of aliphatic hydroxyl groups is 1. The Balaban J connectivity index is 2.16. The lowest BCUT2D eigenvalue weighted by atomic mass is 9.80. The van der Waals surface area contributed by atoms with Crippen LogP contribution in [0.15, 0.2) is 12.1 Å². The standard InChI is InChI=1S/C15H19NO2/c1-9-7-10(2)13-12(8-9)15(18,14(17)16-13)11-5-3-4-6-11/h7-8,11,18H,3-6H2,1-2H3,(H,16,17)/t15-/m0/s1. The number of anilines is 1. The van der Waals surface area contributed by atoms with E-state index in [2.05, 4.69) is 5.32 Å². The molecule has 3 nitrogen and oxygen atoms in total. The summed E-state index contributed by atoms with van der Waals surface area (Å²) in [5, 5.41) is 13.8. The number of carbonyl (C=O) groups excluding carboxylic acids is 1. The Morgan fingerprint density at radius 2 is 1.94 bits per heavy atom. The molecule has 0 unspecified atom stereocenters. The second-order valence-electron chi connectivity index (χ2n) is 5.71. The van der Waals surface area contributed by atoms with E-state index in [1.54, 1.807) is 0 Å². The molecule has 3 rings (SSSR count). The summed E-state index contributed by atoms with van der Waals surface area (Å²) in [5.41, 5.74) is 2.44. The van der Waals surface area contributed by atoms with Crippen molar-refractivity contribution in [3.8, 4) is 0 Å². The summed E-state index contributed by atoms with van der Waals surface area (Å²) in [6.45, 7) is 3.98. The van der Waals surface area contributed by atoms with E-state index in [-0.39, 0.29) is 11.8 Å². The molecule has 1 atom stereocenters. The molecule has 1 aromatic rings. The zero-order chi connectivity index (χ0) is 12.9. The SMILES string of the molecule is Cc1cc(C)c2c(c1)[C@@](O)(C1CCCC1)C(=O)N2. The van der Waals surface area contributed by atoms with Crippen LogP contribution < -0.4 is 5.32 Å². The first-order valence-electron chi connectivity index (χ1n) is 6.69. The summed E-state index contributed by atoms with van der Waals surface area (Å²) in [6, 6.07) is 4.00. The molecule has 0 radical (unpaired) electrons. The van der Waals surface area contributed by atoms with Gasteiger partial charge in [0.25, 0.3) is 5.91 Å². The van der Waals surface area contributed by atoms with Crippen LogP contribution in [0.2, 0.25) is 0 Å². The number of hydrogen-bond acceptors (Lipinski definition) is 2. The molecule has 1 aromatic carbocycles. The van der Waals surface area contributed by atoms with Crippen LogP contribution in [0.3, 0.4) is 0 Å². The van der Waals surface area contributed by atoms with Gasteiger partial charge in [0.15, 0.2) is 5.60 Å². The second kappa shape index (κ2) is 3.82. The molecule has 0 saturated heterocycles. The minimum Gasteiger partial charge on any atom is -0.375 e. The van der Waals surface area contributed by atoms with E-state index < -0.39 is 5.60 Å². The molecule has 1 fully saturated rings. The lowest BCUT2D eigenvalue weighted by Crippen LogP contribution is -2.40. The lowest BCUT2D eigenvalue weighted by molar-refractivity contribution is -0.139. The van der Waals surface area contributed by atoms with E-state index in [9.17, 15) is 9.90 Å². The third-order valence-electron chi connectivity index (χ3n) is 4.42. The molecular weight excluding hydrogens is 226 g/mol. The zero-order valence-electron chi connectivity index (χ0n) is 10.9. The molecule has 0 spiro atoms. The monoisotopic (exact) mass is 245 g/mol. The van der Waals surface area contributed by atoms with Gasteiger partial charge in [-0.05, 0) is 32.3 Å².